The Hall–Kier alpha value is -4.66. The van der Waals surface area contributed by atoms with Crippen LogP contribution in [-0.2, 0) is 11.3 Å². The van der Waals surface area contributed by atoms with Crippen molar-refractivity contribution in [1.82, 2.24) is 14.7 Å². The lowest BCUT2D eigenvalue weighted by molar-refractivity contribution is -0.139. The molecule has 0 fully saturated rings. The number of ether oxygens (including phenoxy) is 2. The Morgan fingerprint density at radius 2 is 1.66 bits per heavy atom. The summed E-state index contributed by atoms with van der Waals surface area (Å²) in [5.74, 6) is 0.557. The highest BCUT2D eigenvalue weighted by Crippen LogP contribution is 2.38. The van der Waals surface area contributed by atoms with Crippen molar-refractivity contribution in [2.75, 3.05) is 19.8 Å². The van der Waals surface area contributed by atoms with Crippen molar-refractivity contribution >= 4 is 11.6 Å². The molecule has 0 saturated heterocycles. The smallest absolute Gasteiger partial charge is 0.306 e. The molecule has 5 aromatic rings. The number of nitrogens with zero attached hydrogens (tertiary/aromatic N) is 2. The van der Waals surface area contributed by atoms with Crippen LogP contribution in [0.15, 0.2) is 85.2 Å². The number of carboxylic acid groups (broad SMARTS) is 1. The minimum absolute atomic E-state index is 0.225. The summed E-state index contributed by atoms with van der Waals surface area (Å²) >= 11 is 0. The van der Waals surface area contributed by atoms with Gasteiger partial charge in [-0.15, -0.1) is 0 Å². The Balaban J connectivity index is 1.21. The van der Waals surface area contributed by atoms with Crippen molar-refractivity contribution in [3.05, 3.63) is 96.3 Å². The van der Waals surface area contributed by atoms with E-state index in [1.807, 2.05) is 36.5 Å². The monoisotopic (exact) mass is 549 g/mol. The molecule has 0 radical (unpaired) electrons. The first-order valence-corrected chi connectivity index (χ1v) is 13.6. The first kappa shape index (κ1) is 26.6. The molecular formula is C33H31N3O5. The molecule has 8 nitrogen and oxygen atoms in total. The van der Waals surface area contributed by atoms with E-state index >= 15 is 0 Å². The Bertz CT molecular complexity index is 1710. The maximum absolute atomic E-state index is 10.7. The van der Waals surface area contributed by atoms with Crippen LogP contribution in [0, 0.1) is 6.92 Å². The summed E-state index contributed by atoms with van der Waals surface area (Å²) in [5.41, 5.74) is 9.59. The van der Waals surface area contributed by atoms with Crippen LogP contribution in [0.1, 0.15) is 17.5 Å². The highest BCUT2D eigenvalue weighted by atomic mass is 16.6. The van der Waals surface area contributed by atoms with E-state index in [0.717, 1.165) is 56.2 Å². The first-order valence-electron chi connectivity index (χ1n) is 13.6. The minimum Gasteiger partial charge on any atom is -0.486 e. The van der Waals surface area contributed by atoms with E-state index in [0.29, 0.717) is 19.8 Å². The third kappa shape index (κ3) is 5.66. The van der Waals surface area contributed by atoms with Crippen molar-refractivity contribution in [3.63, 3.8) is 0 Å². The van der Waals surface area contributed by atoms with Gasteiger partial charge < -0.3 is 25.0 Å². The van der Waals surface area contributed by atoms with Crippen molar-refractivity contribution in [1.29, 1.82) is 0 Å². The highest BCUT2D eigenvalue weighted by molar-refractivity contribution is 5.80. The van der Waals surface area contributed by atoms with Crippen LogP contribution >= 0.6 is 0 Å². The fraction of sp³-hybridized carbons (Fsp3) is 0.212. The molecule has 1 aliphatic rings. The lowest BCUT2D eigenvalue weighted by atomic mass is 9.93. The van der Waals surface area contributed by atoms with Crippen molar-refractivity contribution in [3.8, 4) is 45.0 Å². The molecule has 3 heterocycles. The molecule has 0 amide bonds. The zero-order valence-electron chi connectivity index (χ0n) is 22.7. The normalized spacial score (nSPS) is 13.3. The first-order chi connectivity index (χ1) is 20.0. The van der Waals surface area contributed by atoms with Gasteiger partial charge in [0.05, 0.1) is 24.4 Å². The topological polar surface area (TPSA) is 105 Å². The van der Waals surface area contributed by atoms with Gasteiger partial charge in [-0.3, -0.25) is 9.20 Å². The van der Waals surface area contributed by atoms with E-state index in [1.54, 1.807) is 0 Å². The number of imidazole rings is 1. The predicted molar refractivity (Wildman–Crippen MR) is 157 cm³/mol. The second-order valence-corrected chi connectivity index (χ2v) is 10.2. The van der Waals surface area contributed by atoms with E-state index in [2.05, 4.69) is 65.3 Å². The van der Waals surface area contributed by atoms with Crippen LogP contribution in [0.2, 0.25) is 0 Å². The third-order valence-corrected chi connectivity index (χ3v) is 7.38. The summed E-state index contributed by atoms with van der Waals surface area (Å²) in [6, 6.07) is 24.8. The van der Waals surface area contributed by atoms with E-state index in [9.17, 15) is 9.90 Å². The molecule has 41 heavy (non-hydrogen) atoms. The number of nitrogens with one attached hydrogen (secondary N) is 1. The van der Waals surface area contributed by atoms with Gasteiger partial charge >= 0.3 is 5.97 Å². The van der Waals surface area contributed by atoms with Crippen LogP contribution in [-0.4, -0.2) is 51.4 Å². The largest absolute Gasteiger partial charge is 0.486 e. The number of carbonyl (C=O) groups is 1. The molecular weight excluding hydrogens is 518 g/mol. The Morgan fingerprint density at radius 1 is 0.951 bits per heavy atom. The summed E-state index contributed by atoms with van der Waals surface area (Å²) < 4.78 is 13.6. The van der Waals surface area contributed by atoms with Crippen LogP contribution in [0.25, 0.3) is 39.2 Å². The van der Waals surface area contributed by atoms with Crippen LogP contribution < -0.4 is 14.8 Å². The number of hydrogen-bond acceptors (Lipinski definition) is 6. The summed E-state index contributed by atoms with van der Waals surface area (Å²) in [6.07, 6.45) is 2.76. The number of pyridine rings is 1. The fourth-order valence-corrected chi connectivity index (χ4v) is 5.28. The highest BCUT2D eigenvalue weighted by Gasteiger charge is 2.16. The van der Waals surface area contributed by atoms with Gasteiger partial charge in [0.1, 0.15) is 18.9 Å². The number of fused-ring (bicyclic) bond motifs is 2. The molecule has 1 unspecified atom stereocenters. The summed E-state index contributed by atoms with van der Waals surface area (Å²) in [5, 5.41) is 21.6. The van der Waals surface area contributed by atoms with Crippen molar-refractivity contribution in [2.24, 2.45) is 0 Å². The van der Waals surface area contributed by atoms with Gasteiger partial charge in [0.25, 0.3) is 0 Å². The summed E-state index contributed by atoms with van der Waals surface area (Å²) in [6.45, 7) is 4.04. The fourth-order valence-electron chi connectivity index (χ4n) is 5.28. The molecule has 3 N–H and O–H groups in total. The van der Waals surface area contributed by atoms with Crippen molar-refractivity contribution < 1.29 is 24.5 Å². The number of aliphatic carboxylic acids is 1. The van der Waals surface area contributed by atoms with Gasteiger partial charge in [0, 0.05) is 24.8 Å². The maximum atomic E-state index is 10.7. The van der Waals surface area contributed by atoms with Gasteiger partial charge in [-0.25, -0.2) is 4.98 Å². The van der Waals surface area contributed by atoms with Crippen molar-refractivity contribution in [2.45, 2.75) is 26.0 Å². The van der Waals surface area contributed by atoms with Gasteiger partial charge in [-0.05, 0) is 64.6 Å². The number of benzene rings is 3. The number of aromatic nitrogens is 2. The Kier molecular flexibility index (Phi) is 7.41. The van der Waals surface area contributed by atoms with E-state index in [1.165, 1.54) is 5.56 Å². The standard InChI is InChI=1S/C33H31N3O5/c1-21-27(24-9-10-30-31(15-24)41-14-13-40-30)3-2-4-28(21)25-11-12-36-29(20-35-32(36)16-25)23-7-5-22(6-8-23)18-34-19-26(37)17-33(38)39/h2-12,15-16,20,26,34,37H,13-14,17-19H2,1H3,(H,38,39). The van der Waals surface area contributed by atoms with Crippen LogP contribution in [0.5, 0.6) is 11.5 Å². The third-order valence-electron chi connectivity index (χ3n) is 7.38. The zero-order valence-corrected chi connectivity index (χ0v) is 22.7. The molecule has 0 aliphatic carbocycles. The molecule has 6 rings (SSSR count). The second kappa shape index (κ2) is 11.4. The Morgan fingerprint density at radius 3 is 2.41 bits per heavy atom. The molecule has 208 valence electrons. The summed E-state index contributed by atoms with van der Waals surface area (Å²) in [7, 11) is 0. The number of carboxylic acids is 1. The van der Waals surface area contributed by atoms with E-state index in [-0.39, 0.29) is 13.0 Å². The Labute approximate surface area is 237 Å². The van der Waals surface area contributed by atoms with Gasteiger partial charge in [-0.1, -0.05) is 48.5 Å². The SMILES string of the molecule is Cc1c(-c2ccc3c(c2)OCCO3)cccc1-c1ccn2c(-c3ccc(CNCC(O)CC(=O)O)cc3)cnc2c1. The molecule has 8 heteroatoms. The lowest BCUT2D eigenvalue weighted by Gasteiger charge is -2.19. The van der Waals surface area contributed by atoms with Gasteiger partial charge in [0.2, 0.25) is 0 Å². The predicted octanol–water partition coefficient (Wildman–Crippen LogP) is 5.34. The molecule has 0 spiro atoms. The summed E-state index contributed by atoms with van der Waals surface area (Å²) in [4.78, 5) is 15.4. The maximum Gasteiger partial charge on any atom is 0.306 e. The number of hydrogen-bond donors (Lipinski definition) is 3. The average Bonchev–Trinajstić information content (AvgIpc) is 3.40. The number of aliphatic hydroxyl groups is 1. The molecule has 2 aromatic heterocycles. The van der Waals surface area contributed by atoms with Gasteiger partial charge in [0.15, 0.2) is 11.5 Å². The minimum atomic E-state index is -1.01. The number of rotatable bonds is 9. The number of aliphatic hydroxyl groups excluding tert-OH is 1. The van der Waals surface area contributed by atoms with Crippen LogP contribution in [0.3, 0.4) is 0 Å². The molecule has 0 saturated carbocycles. The quantitative estimate of drug-likeness (QED) is 0.228. The van der Waals surface area contributed by atoms with E-state index < -0.39 is 12.1 Å². The lowest BCUT2D eigenvalue weighted by Crippen LogP contribution is -2.28. The molecule has 3 aromatic carbocycles. The zero-order chi connectivity index (χ0) is 28.3. The second-order valence-electron chi connectivity index (χ2n) is 10.2. The van der Waals surface area contributed by atoms with Crippen LogP contribution in [0.4, 0.5) is 0 Å². The van der Waals surface area contributed by atoms with Gasteiger partial charge in [-0.2, -0.15) is 0 Å². The molecule has 0 bridgehead atoms. The van der Waals surface area contributed by atoms with E-state index in [4.69, 9.17) is 19.6 Å². The average molecular weight is 550 g/mol. The molecule has 1 atom stereocenters. The molecule has 1 aliphatic heterocycles.